The fourth-order valence-electron chi connectivity index (χ4n) is 3.61. The van der Waals surface area contributed by atoms with Crippen molar-refractivity contribution < 1.29 is 28.9 Å². The Labute approximate surface area is 158 Å². The number of amides is 1. The van der Waals surface area contributed by atoms with E-state index in [9.17, 15) is 19.4 Å². The van der Waals surface area contributed by atoms with Crippen LogP contribution in [0.4, 0.5) is 4.39 Å². The third kappa shape index (κ3) is 5.03. The molecule has 0 spiro atoms. The molecule has 0 aliphatic carbocycles. The Morgan fingerprint density at radius 2 is 2.15 bits per heavy atom. The van der Waals surface area contributed by atoms with Crippen LogP contribution >= 0.6 is 0 Å². The van der Waals surface area contributed by atoms with Crippen molar-refractivity contribution in [3.8, 4) is 0 Å². The third-order valence-corrected chi connectivity index (χ3v) is 5.20. The van der Waals surface area contributed by atoms with Crippen LogP contribution in [0.25, 0.3) is 0 Å². The molecule has 27 heavy (non-hydrogen) atoms. The lowest BCUT2D eigenvalue weighted by molar-refractivity contribution is -0.211. The fraction of sp³-hybridized carbons (Fsp3) is 0.632. The van der Waals surface area contributed by atoms with Gasteiger partial charge in [0.2, 0.25) is 5.91 Å². The highest BCUT2D eigenvalue weighted by atomic mass is 19.1. The molecule has 0 saturated carbocycles. The van der Waals surface area contributed by atoms with Gasteiger partial charge in [0.15, 0.2) is 0 Å². The van der Waals surface area contributed by atoms with Crippen molar-refractivity contribution in [3.05, 3.63) is 35.6 Å². The second-order valence-electron chi connectivity index (χ2n) is 7.30. The molecule has 1 aromatic carbocycles. The van der Waals surface area contributed by atoms with E-state index >= 15 is 0 Å². The summed E-state index contributed by atoms with van der Waals surface area (Å²) in [6, 6.07) is 5.98. The molecule has 7 nitrogen and oxygen atoms in total. The number of nitrogens with one attached hydrogen (secondary N) is 1. The maximum Gasteiger partial charge on any atom is 0.234 e. The van der Waals surface area contributed by atoms with Crippen LogP contribution in [0.5, 0.6) is 0 Å². The minimum Gasteiger partial charge on any atom is -0.387 e. The Kier molecular flexibility index (Phi) is 6.44. The number of hydrogen-bond acceptors (Lipinski definition) is 6. The van der Waals surface area contributed by atoms with Crippen molar-refractivity contribution in [2.75, 3.05) is 39.4 Å². The van der Waals surface area contributed by atoms with Gasteiger partial charge in [0.05, 0.1) is 32.0 Å². The minimum absolute atomic E-state index is 0.0554. The standard InChI is InChI=1S/C19H27FN2O5/c1-13-18(24)19(25,10-16(27-13)14-3-2-4-15(20)9-14)12-21-17(23)11-22-5-7-26-8-6-22/h2-4,9,13,16,18,24-25H,5-8,10-12H2,1H3,(H,21,23)/t13-,16-,18-,19-/m1/s1. The number of halogens is 1. The highest BCUT2D eigenvalue weighted by Crippen LogP contribution is 2.37. The average molecular weight is 382 g/mol. The first-order valence-electron chi connectivity index (χ1n) is 9.25. The molecule has 2 aliphatic heterocycles. The van der Waals surface area contributed by atoms with E-state index < -0.39 is 29.7 Å². The Morgan fingerprint density at radius 1 is 1.41 bits per heavy atom. The van der Waals surface area contributed by atoms with E-state index in [2.05, 4.69) is 5.32 Å². The molecule has 8 heteroatoms. The molecular weight excluding hydrogens is 355 g/mol. The summed E-state index contributed by atoms with van der Waals surface area (Å²) in [4.78, 5) is 14.2. The predicted octanol–water partition coefficient (Wildman–Crippen LogP) is 0.216. The van der Waals surface area contributed by atoms with Crippen molar-refractivity contribution in [2.24, 2.45) is 0 Å². The lowest BCUT2D eigenvalue weighted by Gasteiger charge is -2.44. The molecular formula is C19H27FN2O5. The highest BCUT2D eigenvalue weighted by Gasteiger charge is 2.47. The SMILES string of the molecule is C[C@H]1O[C@@H](c2cccc(F)c2)C[C@@](O)(CNC(=O)CN2CCOCC2)[C@@H]1O. The average Bonchev–Trinajstić information content (AvgIpc) is 2.65. The van der Waals surface area contributed by atoms with E-state index in [4.69, 9.17) is 9.47 Å². The quantitative estimate of drug-likeness (QED) is 0.675. The van der Waals surface area contributed by atoms with E-state index in [-0.39, 0.29) is 25.4 Å². The summed E-state index contributed by atoms with van der Waals surface area (Å²) < 4.78 is 24.5. The lowest BCUT2D eigenvalue weighted by atomic mass is 9.82. The first-order valence-corrected chi connectivity index (χ1v) is 9.25. The Balaban J connectivity index is 1.61. The van der Waals surface area contributed by atoms with Crippen LogP contribution in [0, 0.1) is 5.82 Å². The Hall–Kier alpha value is -1.58. The molecule has 2 aliphatic rings. The number of benzene rings is 1. The molecule has 0 bridgehead atoms. The molecule has 0 radical (unpaired) electrons. The van der Waals surface area contributed by atoms with Gasteiger partial charge in [0.1, 0.15) is 17.5 Å². The fourth-order valence-corrected chi connectivity index (χ4v) is 3.61. The Morgan fingerprint density at radius 3 is 2.85 bits per heavy atom. The van der Waals surface area contributed by atoms with Crippen LogP contribution in [0.3, 0.4) is 0 Å². The van der Waals surface area contributed by atoms with Gasteiger partial charge in [-0.3, -0.25) is 9.69 Å². The van der Waals surface area contributed by atoms with Gasteiger partial charge >= 0.3 is 0 Å². The molecule has 3 N–H and O–H groups in total. The number of morpholine rings is 1. The Bertz CT molecular complexity index is 655. The van der Waals surface area contributed by atoms with Crippen molar-refractivity contribution >= 4 is 5.91 Å². The number of carbonyl (C=O) groups excluding carboxylic acids is 1. The molecule has 1 amide bonds. The van der Waals surface area contributed by atoms with Gasteiger partial charge in [-0.05, 0) is 24.6 Å². The van der Waals surface area contributed by atoms with Crippen molar-refractivity contribution in [1.82, 2.24) is 10.2 Å². The van der Waals surface area contributed by atoms with Gasteiger partial charge in [0.25, 0.3) is 0 Å². The zero-order valence-electron chi connectivity index (χ0n) is 15.4. The zero-order valence-corrected chi connectivity index (χ0v) is 15.4. The van der Waals surface area contributed by atoms with Crippen molar-refractivity contribution in [1.29, 1.82) is 0 Å². The number of nitrogens with zero attached hydrogens (tertiary/aromatic N) is 1. The normalized spacial score (nSPS) is 32.2. The van der Waals surface area contributed by atoms with Crippen LogP contribution in [0.15, 0.2) is 24.3 Å². The topological polar surface area (TPSA) is 91.3 Å². The van der Waals surface area contributed by atoms with E-state index in [1.807, 2.05) is 4.90 Å². The highest BCUT2D eigenvalue weighted by molar-refractivity contribution is 5.78. The summed E-state index contributed by atoms with van der Waals surface area (Å²) in [5, 5.41) is 24.1. The summed E-state index contributed by atoms with van der Waals surface area (Å²) in [5.74, 6) is -0.615. The smallest absolute Gasteiger partial charge is 0.234 e. The first-order chi connectivity index (χ1) is 12.9. The first kappa shape index (κ1) is 20.2. The van der Waals surface area contributed by atoms with Crippen LogP contribution < -0.4 is 5.32 Å². The van der Waals surface area contributed by atoms with Gasteiger partial charge in [-0.25, -0.2) is 4.39 Å². The van der Waals surface area contributed by atoms with Gasteiger partial charge in [-0.2, -0.15) is 0 Å². The van der Waals surface area contributed by atoms with Gasteiger partial charge < -0.3 is 25.0 Å². The molecule has 2 fully saturated rings. The third-order valence-electron chi connectivity index (χ3n) is 5.20. The monoisotopic (exact) mass is 382 g/mol. The van der Waals surface area contributed by atoms with E-state index in [0.717, 1.165) is 0 Å². The van der Waals surface area contributed by atoms with Gasteiger partial charge in [-0.15, -0.1) is 0 Å². The van der Waals surface area contributed by atoms with Gasteiger partial charge in [0, 0.05) is 26.1 Å². The number of aliphatic hydroxyl groups is 2. The van der Waals surface area contributed by atoms with Crippen molar-refractivity contribution in [3.63, 3.8) is 0 Å². The summed E-state index contributed by atoms with van der Waals surface area (Å²) >= 11 is 0. The molecule has 0 unspecified atom stereocenters. The molecule has 150 valence electrons. The predicted molar refractivity (Wildman–Crippen MR) is 95.5 cm³/mol. The van der Waals surface area contributed by atoms with Crippen LogP contribution in [0.1, 0.15) is 25.0 Å². The summed E-state index contributed by atoms with van der Waals surface area (Å²) in [7, 11) is 0. The molecule has 0 aromatic heterocycles. The van der Waals surface area contributed by atoms with Crippen LogP contribution in [-0.2, 0) is 14.3 Å². The molecule has 4 atom stereocenters. The van der Waals surface area contributed by atoms with E-state index in [0.29, 0.717) is 31.9 Å². The zero-order chi connectivity index (χ0) is 19.4. The molecule has 2 saturated heterocycles. The molecule has 2 heterocycles. The number of aliphatic hydroxyl groups excluding tert-OH is 1. The minimum atomic E-state index is -1.56. The van der Waals surface area contributed by atoms with Crippen LogP contribution in [-0.4, -0.2) is 78.2 Å². The maximum absolute atomic E-state index is 13.5. The summed E-state index contributed by atoms with van der Waals surface area (Å²) in [6.45, 7) is 4.34. The summed E-state index contributed by atoms with van der Waals surface area (Å²) in [5.41, 5.74) is -0.971. The number of rotatable bonds is 5. The number of carbonyl (C=O) groups is 1. The number of hydrogen-bond donors (Lipinski definition) is 3. The van der Waals surface area contributed by atoms with E-state index in [1.54, 1.807) is 19.1 Å². The van der Waals surface area contributed by atoms with Crippen molar-refractivity contribution in [2.45, 2.75) is 37.3 Å². The van der Waals surface area contributed by atoms with Gasteiger partial charge in [-0.1, -0.05) is 12.1 Å². The lowest BCUT2D eigenvalue weighted by Crippen LogP contribution is -2.60. The second kappa shape index (κ2) is 8.62. The molecule has 1 aromatic rings. The number of ether oxygens (including phenoxy) is 2. The molecule has 3 rings (SSSR count). The van der Waals surface area contributed by atoms with Crippen LogP contribution in [0.2, 0.25) is 0 Å². The largest absolute Gasteiger partial charge is 0.387 e. The van der Waals surface area contributed by atoms with E-state index in [1.165, 1.54) is 12.1 Å². The second-order valence-corrected chi connectivity index (χ2v) is 7.30. The summed E-state index contributed by atoms with van der Waals surface area (Å²) in [6.07, 6.45) is -2.33. The maximum atomic E-state index is 13.5.